The van der Waals surface area contributed by atoms with Gasteiger partial charge in [-0.25, -0.2) is 0 Å². The minimum Gasteiger partial charge on any atom is -0.510 e. The van der Waals surface area contributed by atoms with Crippen LogP contribution in [0, 0.1) is 41.4 Å². The van der Waals surface area contributed by atoms with Crippen molar-refractivity contribution in [3.8, 4) is 5.75 Å². The van der Waals surface area contributed by atoms with E-state index in [4.69, 9.17) is 10.5 Å². The average Bonchev–Trinajstić information content (AvgIpc) is 3.19. The van der Waals surface area contributed by atoms with Gasteiger partial charge in [0.05, 0.1) is 17.5 Å². The lowest BCUT2D eigenvalue weighted by Gasteiger charge is -2.54. The summed E-state index contributed by atoms with van der Waals surface area (Å²) in [5.41, 5.74) is 1.62. The number of amides is 1. The largest absolute Gasteiger partial charge is 0.510 e. The third-order valence-corrected chi connectivity index (χ3v) is 12.1. The highest BCUT2D eigenvalue weighted by Crippen LogP contribution is 2.59. The normalized spacial score (nSPS) is 39.9. The van der Waals surface area contributed by atoms with Gasteiger partial charge in [0.25, 0.3) is 5.91 Å². The third kappa shape index (κ3) is 4.08. The van der Waals surface area contributed by atoms with Gasteiger partial charge in [0.2, 0.25) is 5.78 Å². The van der Waals surface area contributed by atoms with Crippen LogP contribution in [0.3, 0.4) is 0 Å². The summed E-state index contributed by atoms with van der Waals surface area (Å²) in [6, 6.07) is 3.27. The summed E-state index contributed by atoms with van der Waals surface area (Å²) in [7, 11) is 3.09. The molecule has 0 aliphatic heterocycles. The van der Waals surface area contributed by atoms with Crippen LogP contribution in [0.1, 0.15) is 67.3 Å². The number of aliphatic hydroxyl groups is 3. The van der Waals surface area contributed by atoms with Gasteiger partial charge >= 0.3 is 5.97 Å². The fourth-order valence-electron chi connectivity index (χ4n) is 10.5. The smallest absolute Gasteiger partial charge is 0.306 e. The first-order chi connectivity index (χ1) is 21.2. The van der Waals surface area contributed by atoms with Gasteiger partial charge in [0.1, 0.15) is 28.9 Å². The summed E-state index contributed by atoms with van der Waals surface area (Å²) in [4.78, 5) is 55.8. The molecular weight excluding hydrogens is 580 g/mol. The fourth-order valence-corrected chi connectivity index (χ4v) is 10.5. The van der Waals surface area contributed by atoms with Crippen LogP contribution in [0.25, 0.3) is 0 Å². The molecule has 0 heterocycles. The molecule has 0 spiro atoms. The first kappa shape index (κ1) is 30.0. The number of aromatic hydroxyl groups is 1. The van der Waals surface area contributed by atoms with Crippen molar-refractivity contribution in [3.05, 3.63) is 52.0 Å². The summed E-state index contributed by atoms with van der Waals surface area (Å²) in [6.45, 7) is 1.76. The van der Waals surface area contributed by atoms with E-state index in [1.165, 1.54) is 30.2 Å². The molecule has 240 valence electrons. The van der Waals surface area contributed by atoms with E-state index in [1.807, 2.05) is 0 Å². The van der Waals surface area contributed by atoms with Gasteiger partial charge in [-0.2, -0.15) is 0 Å². The molecule has 3 saturated carbocycles. The Morgan fingerprint density at radius 2 is 1.73 bits per heavy atom. The molecular formula is C34H40N2O9. The lowest BCUT2D eigenvalue weighted by atomic mass is 9.55. The Balaban J connectivity index is 1.36. The zero-order valence-electron chi connectivity index (χ0n) is 25.6. The zero-order valence-corrected chi connectivity index (χ0v) is 25.6. The number of hydrogen-bond acceptors (Lipinski definition) is 10. The van der Waals surface area contributed by atoms with Gasteiger partial charge in [-0.15, -0.1) is 0 Å². The number of ketones is 2. The molecule has 0 aromatic heterocycles. The Kier molecular flexibility index (Phi) is 6.76. The number of fused-ring (bicyclic) bond motifs is 5. The van der Waals surface area contributed by atoms with Crippen molar-refractivity contribution in [3.63, 3.8) is 0 Å². The van der Waals surface area contributed by atoms with Crippen LogP contribution < -0.4 is 5.73 Å². The first-order valence-corrected chi connectivity index (χ1v) is 15.9. The number of esters is 1. The number of phenolic OH excluding ortho intramolecular Hbond substituents is 1. The Morgan fingerprint density at radius 3 is 2.40 bits per heavy atom. The predicted octanol–water partition coefficient (Wildman–Crippen LogP) is 2.67. The summed E-state index contributed by atoms with van der Waals surface area (Å²) in [5.74, 6) is -6.85. The minimum absolute atomic E-state index is 0.0932. The van der Waals surface area contributed by atoms with Crippen molar-refractivity contribution >= 4 is 23.4 Å². The van der Waals surface area contributed by atoms with Crippen LogP contribution in [0.2, 0.25) is 0 Å². The Labute approximate surface area is 260 Å². The van der Waals surface area contributed by atoms with Crippen LogP contribution >= 0.6 is 0 Å². The molecule has 0 saturated heterocycles. The van der Waals surface area contributed by atoms with Gasteiger partial charge in [-0.3, -0.25) is 24.1 Å². The van der Waals surface area contributed by atoms with Gasteiger partial charge in [0, 0.05) is 17.9 Å². The number of primary amides is 1. The SMILES string of the molecule is C[C@H]1c2cccc(O)c2C(=O)C2=C(O)[C@]3(O)C(=O)C(C(N)=O)=C(O)[C@@H](N(C)C)[C@@H]3[C@@H](OC(=O)CC3CC4CC5CC(C4)C3C5)[C@@H]21. The summed E-state index contributed by atoms with van der Waals surface area (Å²) >= 11 is 0. The molecule has 5 unspecified atom stereocenters. The second kappa shape index (κ2) is 10.2. The van der Waals surface area contributed by atoms with Crippen LogP contribution in [0.15, 0.2) is 40.9 Å². The maximum atomic E-state index is 14.1. The monoisotopic (exact) mass is 620 g/mol. The first-order valence-electron chi connectivity index (χ1n) is 15.9. The van der Waals surface area contributed by atoms with Crippen LogP contribution in [0.5, 0.6) is 5.75 Å². The number of benzene rings is 1. The lowest BCUT2D eigenvalue weighted by molar-refractivity contribution is -0.182. The topological polar surface area (TPSA) is 188 Å². The predicted molar refractivity (Wildman–Crippen MR) is 159 cm³/mol. The second-order valence-electron chi connectivity index (χ2n) is 14.6. The number of nitrogens with zero attached hydrogens (tertiary/aromatic N) is 1. The quantitative estimate of drug-likeness (QED) is 0.242. The molecule has 45 heavy (non-hydrogen) atoms. The number of likely N-dealkylation sites (N-methyl/N-ethyl adjacent to an activating group) is 1. The number of carbonyl (C=O) groups excluding carboxylic acids is 4. The molecule has 0 radical (unpaired) electrons. The molecule has 6 aliphatic rings. The van der Waals surface area contributed by atoms with Crippen LogP contribution in [-0.4, -0.2) is 80.6 Å². The molecule has 1 amide bonds. The maximum Gasteiger partial charge on any atom is 0.306 e. The van der Waals surface area contributed by atoms with E-state index in [-0.39, 0.29) is 29.2 Å². The lowest BCUT2D eigenvalue weighted by Crippen LogP contribution is -2.69. The van der Waals surface area contributed by atoms with E-state index in [9.17, 15) is 39.6 Å². The molecule has 3 bridgehead atoms. The molecule has 6 N–H and O–H groups in total. The van der Waals surface area contributed by atoms with Crippen LogP contribution in [0.4, 0.5) is 0 Å². The molecule has 3 fully saturated rings. The van der Waals surface area contributed by atoms with Crippen molar-refractivity contribution in [1.29, 1.82) is 0 Å². The molecule has 11 nitrogen and oxygen atoms in total. The van der Waals surface area contributed by atoms with E-state index in [0.29, 0.717) is 29.2 Å². The Morgan fingerprint density at radius 1 is 1.04 bits per heavy atom. The molecule has 1 aromatic carbocycles. The highest BCUT2D eigenvalue weighted by Gasteiger charge is 2.68. The number of Topliss-reactive ketones (excluding diaryl/α,β-unsaturated/α-hetero) is 2. The Hall–Kier alpha value is -3.70. The number of ether oxygens (including phenoxy) is 1. The minimum atomic E-state index is -2.94. The van der Waals surface area contributed by atoms with Crippen molar-refractivity contribution < 1.29 is 44.3 Å². The number of nitrogens with two attached hydrogens (primary N) is 1. The van der Waals surface area contributed by atoms with Crippen molar-refractivity contribution in [2.75, 3.05) is 14.1 Å². The number of phenols is 1. The van der Waals surface area contributed by atoms with Gasteiger partial charge in [-0.05, 0) is 93.3 Å². The number of aliphatic hydroxyl groups excluding tert-OH is 2. The summed E-state index contributed by atoms with van der Waals surface area (Å²) < 4.78 is 6.29. The number of hydrogen-bond donors (Lipinski definition) is 5. The highest BCUT2D eigenvalue weighted by atomic mass is 16.5. The highest BCUT2D eigenvalue weighted by molar-refractivity contribution is 6.25. The van der Waals surface area contributed by atoms with E-state index in [2.05, 4.69) is 0 Å². The molecule has 6 aliphatic carbocycles. The molecule has 11 atom stereocenters. The summed E-state index contributed by atoms with van der Waals surface area (Å²) in [5, 5.41) is 46.0. The molecule has 1 aromatic rings. The third-order valence-electron chi connectivity index (χ3n) is 12.1. The molecule has 7 rings (SSSR count). The second-order valence-corrected chi connectivity index (χ2v) is 14.6. The average molecular weight is 621 g/mol. The van der Waals surface area contributed by atoms with Crippen molar-refractivity contribution in [1.82, 2.24) is 4.90 Å². The van der Waals surface area contributed by atoms with Crippen molar-refractivity contribution in [2.45, 2.75) is 69.1 Å². The van der Waals surface area contributed by atoms with E-state index < -0.39 is 76.0 Å². The van der Waals surface area contributed by atoms with Gasteiger partial charge < -0.3 is 30.9 Å². The zero-order chi connectivity index (χ0) is 32.3. The van der Waals surface area contributed by atoms with Gasteiger partial charge in [0.15, 0.2) is 11.4 Å². The standard InChI is InChI=1S/C34H40N2O9/c1-13-18-5-4-6-20(37)23(18)28(39)24-22(13)30(45-21(38)12-17-9-14-7-15-10-16(8-14)19(17)11-15)26-27(36(2)3)29(40)25(33(35)43)32(42)34(26,44)31(24)41/h4-6,13-17,19,22,26-27,30,37,40-41,44H,7-12H2,1-3H3,(H2,35,43)/t13-,14?,15?,16?,17?,19?,22+,26+,27-,30-,34-/m0/s1. The van der Waals surface area contributed by atoms with E-state index in [0.717, 1.165) is 12.8 Å². The summed E-state index contributed by atoms with van der Waals surface area (Å²) in [6.07, 6.45) is 4.39. The maximum absolute atomic E-state index is 14.1. The van der Waals surface area contributed by atoms with Crippen LogP contribution in [-0.2, 0) is 19.1 Å². The van der Waals surface area contributed by atoms with Crippen molar-refractivity contribution in [2.24, 2.45) is 47.2 Å². The fraction of sp³-hybridized carbons (Fsp3) is 0.588. The Bertz CT molecular complexity index is 1590. The number of rotatable bonds is 5. The van der Waals surface area contributed by atoms with Gasteiger partial charge in [-0.1, -0.05) is 19.1 Å². The molecule has 11 heteroatoms. The van der Waals surface area contributed by atoms with E-state index in [1.54, 1.807) is 33.2 Å². The number of carbonyl (C=O) groups is 4. The van der Waals surface area contributed by atoms with E-state index >= 15 is 0 Å².